The van der Waals surface area contributed by atoms with Crippen molar-refractivity contribution in [2.24, 2.45) is 0 Å². The number of benzene rings is 2. The van der Waals surface area contributed by atoms with Crippen LogP contribution in [-0.4, -0.2) is 18.8 Å². The normalized spacial score (nSPS) is 10.4. The van der Waals surface area contributed by atoms with Gasteiger partial charge in [-0.2, -0.15) is 0 Å². The molecule has 0 unspecified atom stereocenters. The van der Waals surface area contributed by atoms with Gasteiger partial charge in [-0.25, -0.2) is 0 Å². The Kier molecular flexibility index (Phi) is 5.46. The van der Waals surface area contributed by atoms with E-state index in [0.717, 1.165) is 24.2 Å². The maximum Gasteiger partial charge on any atom is 0.161 e. The molecule has 2 rings (SSSR count). The zero-order valence-corrected chi connectivity index (χ0v) is 12.4. The molecular weight excluding hydrogens is 266 g/mol. The van der Waals surface area contributed by atoms with Crippen molar-refractivity contribution >= 4 is 0 Å². The average Bonchev–Trinajstić information content (AvgIpc) is 2.51. The minimum atomic E-state index is 0.240. The number of phenols is 1. The quantitative estimate of drug-likeness (QED) is 0.821. The molecule has 0 amide bonds. The van der Waals surface area contributed by atoms with Crippen LogP contribution in [0, 0.1) is 0 Å². The molecule has 0 heterocycles. The lowest BCUT2D eigenvalue weighted by Crippen LogP contribution is -2.11. The van der Waals surface area contributed by atoms with Gasteiger partial charge in [0.05, 0.1) is 7.11 Å². The Hall–Kier alpha value is -2.20. The highest BCUT2D eigenvalue weighted by atomic mass is 16.5. The number of aromatic hydroxyl groups is 1. The first kappa shape index (κ1) is 15.2. The third-order valence-corrected chi connectivity index (χ3v) is 3.11. The van der Waals surface area contributed by atoms with E-state index in [1.807, 2.05) is 24.3 Å². The van der Waals surface area contributed by atoms with Crippen LogP contribution in [0.25, 0.3) is 0 Å². The van der Waals surface area contributed by atoms with Gasteiger partial charge in [-0.05, 0) is 41.9 Å². The van der Waals surface area contributed by atoms with Crippen molar-refractivity contribution in [2.75, 3.05) is 13.7 Å². The summed E-state index contributed by atoms with van der Waals surface area (Å²) >= 11 is 0. The molecule has 0 spiro atoms. The number of rotatable bonds is 7. The maximum atomic E-state index is 9.44. The molecule has 21 heavy (non-hydrogen) atoms. The highest BCUT2D eigenvalue weighted by Crippen LogP contribution is 2.29. The largest absolute Gasteiger partial charge is 0.508 e. The molecule has 4 nitrogen and oxygen atoms in total. The van der Waals surface area contributed by atoms with E-state index in [1.165, 1.54) is 0 Å². The molecular formula is C17H21NO3. The summed E-state index contributed by atoms with van der Waals surface area (Å²) in [6, 6.07) is 12.9. The fourth-order valence-electron chi connectivity index (χ4n) is 2.02. The van der Waals surface area contributed by atoms with Crippen LogP contribution in [0.3, 0.4) is 0 Å². The van der Waals surface area contributed by atoms with Crippen LogP contribution < -0.4 is 14.8 Å². The monoisotopic (exact) mass is 287 g/mol. The fourth-order valence-corrected chi connectivity index (χ4v) is 2.02. The van der Waals surface area contributed by atoms with Crippen LogP contribution in [-0.2, 0) is 13.2 Å². The standard InChI is InChI=1S/C17H21NO3/c1-3-18-11-13-7-8-16(17(10-13)20-2)21-12-14-5-4-6-15(19)9-14/h4-10,18-19H,3,11-12H2,1-2H3. The van der Waals surface area contributed by atoms with Crippen molar-refractivity contribution in [2.45, 2.75) is 20.1 Å². The Balaban J connectivity index is 2.05. The van der Waals surface area contributed by atoms with Crippen molar-refractivity contribution in [1.82, 2.24) is 5.32 Å². The minimum absolute atomic E-state index is 0.240. The summed E-state index contributed by atoms with van der Waals surface area (Å²) in [5, 5.41) is 12.7. The van der Waals surface area contributed by atoms with Gasteiger partial charge < -0.3 is 19.9 Å². The van der Waals surface area contributed by atoms with Crippen LogP contribution in [0.5, 0.6) is 17.2 Å². The van der Waals surface area contributed by atoms with E-state index in [9.17, 15) is 5.11 Å². The Labute approximate surface area is 125 Å². The summed E-state index contributed by atoms with van der Waals surface area (Å²) in [5.41, 5.74) is 2.06. The second kappa shape index (κ2) is 7.55. The SMILES string of the molecule is CCNCc1ccc(OCc2cccc(O)c2)c(OC)c1. The zero-order valence-electron chi connectivity index (χ0n) is 12.4. The van der Waals surface area contributed by atoms with E-state index in [0.29, 0.717) is 18.1 Å². The van der Waals surface area contributed by atoms with Gasteiger partial charge in [0.1, 0.15) is 12.4 Å². The third kappa shape index (κ3) is 4.39. The molecule has 0 atom stereocenters. The molecule has 0 bridgehead atoms. The zero-order chi connectivity index (χ0) is 15.1. The molecule has 0 aliphatic heterocycles. The van der Waals surface area contributed by atoms with Gasteiger partial charge in [0, 0.05) is 6.54 Å². The van der Waals surface area contributed by atoms with Crippen LogP contribution in [0.4, 0.5) is 0 Å². The van der Waals surface area contributed by atoms with E-state index in [4.69, 9.17) is 9.47 Å². The van der Waals surface area contributed by atoms with E-state index >= 15 is 0 Å². The second-order valence-electron chi connectivity index (χ2n) is 4.72. The van der Waals surface area contributed by atoms with E-state index in [1.54, 1.807) is 25.3 Å². The molecule has 0 saturated carbocycles. The molecule has 0 saturated heterocycles. The number of ether oxygens (including phenoxy) is 2. The molecule has 4 heteroatoms. The predicted octanol–water partition coefficient (Wildman–Crippen LogP) is 3.09. The van der Waals surface area contributed by atoms with Crippen molar-refractivity contribution in [3.05, 3.63) is 53.6 Å². The summed E-state index contributed by atoms with van der Waals surface area (Å²) in [5.74, 6) is 1.65. The van der Waals surface area contributed by atoms with Gasteiger partial charge in [-0.3, -0.25) is 0 Å². The molecule has 0 aromatic heterocycles. The number of nitrogens with one attached hydrogen (secondary N) is 1. The van der Waals surface area contributed by atoms with Gasteiger partial charge in [0.25, 0.3) is 0 Å². The van der Waals surface area contributed by atoms with Crippen LogP contribution >= 0.6 is 0 Å². The molecule has 2 N–H and O–H groups in total. The van der Waals surface area contributed by atoms with E-state index < -0.39 is 0 Å². The molecule has 0 aliphatic rings. The Morgan fingerprint density at radius 2 is 1.90 bits per heavy atom. The number of hydrogen-bond acceptors (Lipinski definition) is 4. The smallest absolute Gasteiger partial charge is 0.161 e. The van der Waals surface area contributed by atoms with Crippen molar-refractivity contribution in [3.63, 3.8) is 0 Å². The maximum absolute atomic E-state index is 9.44. The van der Waals surface area contributed by atoms with Crippen molar-refractivity contribution in [1.29, 1.82) is 0 Å². The summed E-state index contributed by atoms with van der Waals surface area (Å²) in [6.45, 7) is 4.19. The minimum Gasteiger partial charge on any atom is -0.508 e. The van der Waals surface area contributed by atoms with Crippen LogP contribution in [0.15, 0.2) is 42.5 Å². The van der Waals surface area contributed by atoms with Gasteiger partial charge in [-0.1, -0.05) is 25.1 Å². The van der Waals surface area contributed by atoms with Crippen molar-refractivity contribution in [3.8, 4) is 17.2 Å². The predicted molar refractivity (Wildman–Crippen MR) is 82.8 cm³/mol. The lowest BCUT2D eigenvalue weighted by atomic mass is 10.2. The molecule has 2 aromatic rings. The third-order valence-electron chi connectivity index (χ3n) is 3.11. The van der Waals surface area contributed by atoms with Crippen LogP contribution in [0.2, 0.25) is 0 Å². The number of methoxy groups -OCH3 is 1. The molecule has 0 fully saturated rings. The average molecular weight is 287 g/mol. The number of hydrogen-bond donors (Lipinski definition) is 2. The van der Waals surface area contributed by atoms with E-state index in [-0.39, 0.29) is 5.75 Å². The summed E-state index contributed by atoms with van der Waals surface area (Å²) in [6.07, 6.45) is 0. The fraction of sp³-hybridized carbons (Fsp3) is 0.294. The van der Waals surface area contributed by atoms with Crippen LogP contribution in [0.1, 0.15) is 18.1 Å². The summed E-state index contributed by atoms with van der Waals surface area (Å²) in [7, 11) is 1.63. The first-order chi connectivity index (χ1) is 10.2. The highest BCUT2D eigenvalue weighted by Gasteiger charge is 2.06. The first-order valence-electron chi connectivity index (χ1n) is 7.01. The van der Waals surface area contributed by atoms with E-state index in [2.05, 4.69) is 12.2 Å². The topological polar surface area (TPSA) is 50.7 Å². The number of phenolic OH excluding ortho intramolecular Hbond substituents is 1. The Morgan fingerprint density at radius 1 is 1.05 bits per heavy atom. The lowest BCUT2D eigenvalue weighted by molar-refractivity contribution is 0.284. The summed E-state index contributed by atoms with van der Waals surface area (Å²) in [4.78, 5) is 0. The van der Waals surface area contributed by atoms with Gasteiger partial charge in [0.15, 0.2) is 11.5 Å². The van der Waals surface area contributed by atoms with Gasteiger partial charge in [-0.15, -0.1) is 0 Å². The highest BCUT2D eigenvalue weighted by molar-refractivity contribution is 5.43. The second-order valence-corrected chi connectivity index (χ2v) is 4.72. The molecule has 0 aliphatic carbocycles. The lowest BCUT2D eigenvalue weighted by Gasteiger charge is -2.12. The first-order valence-corrected chi connectivity index (χ1v) is 7.01. The van der Waals surface area contributed by atoms with Gasteiger partial charge in [0.2, 0.25) is 0 Å². The molecule has 2 aromatic carbocycles. The Morgan fingerprint density at radius 3 is 2.62 bits per heavy atom. The molecule has 112 valence electrons. The van der Waals surface area contributed by atoms with Crippen molar-refractivity contribution < 1.29 is 14.6 Å². The van der Waals surface area contributed by atoms with Gasteiger partial charge >= 0.3 is 0 Å². The Bertz CT molecular complexity index is 584. The molecule has 0 radical (unpaired) electrons. The summed E-state index contributed by atoms with van der Waals surface area (Å²) < 4.78 is 11.1.